The number of aromatic amines is 1. The number of rotatable bonds is 2. The molecule has 0 saturated heterocycles. The zero-order valence-corrected chi connectivity index (χ0v) is 12.1. The van der Waals surface area contributed by atoms with Gasteiger partial charge in [-0.2, -0.15) is 5.10 Å². The number of hydrogen-bond donors (Lipinski definition) is 1. The van der Waals surface area contributed by atoms with Gasteiger partial charge < -0.3 is 0 Å². The molecule has 0 bridgehead atoms. The first-order valence-corrected chi connectivity index (χ1v) is 6.73. The minimum Gasteiger partial charge on any atom is -0.265 e. The third-order valence-corrected chi connectivity index (χ3v) is 3.45. The van der Waals surface area contributed by atoms with Crippen LogP contribution in [0.4, 0.5) is 8.78 Å². The fraction of sp³-hybridized carbons (Fsp3) is 0. The van der Waals surface area contributed by atoms with E-state index in [0.29, 0.717) is 16.4 Å². The molecule has 0 aliphatic rings. The molecule has 3 aromatic rings. The van der Waals surface area contributed by atoms with Crippen LogP contribution in [-0.2, 0) is 0 Å². The third kappa shape index (κ3) is 2.59. The molecular formula is C14H8ClF2N3S. The van der Waals surface area contributed by atoms with Crippen LogP contribution in [0.2, 0.25) is 5.02 Å². The average Bonchev–Trinajstić information content (AvgIpc) is 2.82. The predicted molar refractivity (Wildman–Crippen MR) is 79.1 cm³/mol. The highest BCUT2D eigenvalue weighted by molar-refractivity contribution is 7.71. The summed E-state index contributed by atoms with van der Waals surface area (Å²) in [6.45, 7) is 0. The van der Waals surface area contributed by atoms with Crippen LogP contribution in [0.15, 0.2) is 42.5 Å². The fourth-order valence-corrected chi connectivity index (χ4v) is 2.33. The monoisotopic (exact) mass is 323 g/mol. The van der Waals surface area contributed by atoms with Crippen molar-refractivity contribution in [2.75, 3.05) is 0 Å². The predicted octanol–water partition coefficient (Wildman–Crippen LogP) is 4.53. The smallest absolute Gasteiger partial charge is 0.200 e. The van der Waals surface area contributed by atoms with Crippen molar-refractivity contribution in [1.29, 1.82) is 0 Å². The van der Waals surface area contributed by atoms with Gasteiger partial charge in [0.25, 0.3) is 0 Å². The zero-order chi connectivity index (χ0) is 15.0. The van der Waals surface area contributed by atoms with Gasteiger partial charge >= 0.3 is 0 Å². The van der Waals surface area contributed by atoms with E-state index in [1.54, 1.807) is 24.3 Å². The fourth-order valence-electron chi connectivity index (χ4n) is 1.98. The maximum atomic E-state index is 14.0. The molecule has 1 aromatic heterocycles. The molecule has 1 N–H and O–H groups in total. The summed E-state index contributed by atoms with van der Waals surface area (Å²) in [7, 11) is 0. The highest BCUT2D eigenvalue weighted by Crippen LogP contribution is 2.24. The Bertz CT molecular complexity index is 855. The van der Waals surface area contributed by atoms with Gasteiger partial charge in [0.05, 0.1) is 5.69 Å². The van der Waals surface area contributed by atoms with E-state index in [2.05, 4.69) is 10.2 Å². The maximum Gasteiger partial charge on any atom is 0.200 e. The molecule has 3 rings (SSSR count). The molecule has 0 fully saturated rings. The van der Waals surface area contributed by atoms with Crippen LogP contribution < -0.4 is 0 Å². The normalized spacial score (nSPS) is 10.8. The van der Waals surface area contributed by atoms with Crippen LogP contribution in [-0.4, -0.2) is 14.8 Å². The maximum absolute atomic E-state index is 14.0. The van der Waals surface area contributed by atoms with Crippen molar-refractivity contribution in [2.24, 2.45) is 0 Å². The molecular weight excluding hydrogens is 316 g/mol. The van der Waals surface area contributed by atoms with Crippen LogP contribution in [0.25, 0.3) is 17.1 Å². The third-order valence-electron chi connectivity index (χ3n) is 2.93. The molecule has 1 heterocycles. The minimum atomic E-state index is -0.720. The summed E-state index contributed by atoms with van der Waals surface area (Å²) in [5.41, 5.74) is 0.829. The van der Waals surface area contributed by atoms with Gasteiger partial charge in [0.2, 0.25) is 0 Å². The second-order valence-electron chi connectivity index (χ2n) is 4.29. The van der Waals surface area contributed by atoms with Gasteiger partial charge in [0.1, 0.15) is 11.6 Å². The van der Waals surface area contributed by atoms with Crippen LogP contribution in [0.3, 0.4) is 0 Å². The van der Waals surface area contributed by atoms with Gasteiger partial charge in [-0.05, 0) is 48.6 Å². The first-order chi connectivity index (χ1) is 10.1. The number of halogens is 3. The second-order valence-corrected chi connectivity index (χ2v) is 5.11. The molecule has 106 valence electrons. The van der Waals surface area contributed by atoms with Crippen LogP contribution in [0.5, 0.6) is 0 Å². The van der Waals surface area contributed by atoms with E-state index < -0.39 is 11.6 Å². The van der Waals surface area contributed by atoms with Crippen molar-refractivity contribution >= 4 is 23.8 Å². The number of benzene rings is 2. The zero-order valence-electron chi connectivity index (χ0n) is 10.5. The molecule has 0 amide bonds. The topological polar surface area (TPSA) is 33.6 Å². The molecule has 0 unspecified atom stereocenters. The van der Waals surface area contributed by atoms with Crippen molar-refractivity contribution < 1.29 is 8.78 Å². The van der Waals surface area contributed by atoms with Crippen LogP contribution in [0.1, 0.15) is 0 Å². The number of hydrogen-bond acceptors (Lipinski definition) is 2. The van der Waals surface area contributed by atoms with Gasteiger partial charge in [-0.1, -0.05) is 11.6 Å². The summed E-state index contributed by atoms with van der Waals surface area (Å²) < 4.78 is 28.7. The van der Waals surface area contributed by atoms with Gasteiger partial charge in [0.15, 0.2) is 10.6 Å². The number of H-pyrrole nitrogens is 1. The Kier molecular flexibility index (Phi) is 3.57. The Labute approximate surface area is 128 Å². The lowest BCUT2D eigenvalue weighted by molar-refractivity contribution is 0.577. The van der Waals surface area contributed by atoms with Crippen molar-refractivity contribution in [3.8, 4) is 17.1 Å². The van der Waals surface area contributed by atoms with E-state index in [4.69, 9.17) is 23.8 Å². The lowest BCUT2D eigenvalue weighted by Crippen LogP contribution is -2.01. The highest BCUT2D eigenvalue weighted by Gasteiger charge is 2.14. The molecule has 0 saturated carbocycles. The largest absolute Gasteiger partial charge is 0.265 e. The Balaban J connectivity index is 2.22. The average molecular weight is 324 g/mol. The van der Waals surface area contributed by atoms with Gasteiger partial charge in [-0.15, -0.1) is 0 Å². The second kappa shape index (κ2) is 5.38. The van der Waals surface area contributed by atoms with E-state index in [1.807, 2.05) is 0 Å². The molecule has 0 atom stereocenters. The molecule has 0 radical (unpaired) electrons. The quantitative estimate of drug-likeness (QED) is 0.703. The Morgan fingerprint density at radius 1 is 1.10 bits per heavy atom. The number of aromatic nitrogens is 3. The molecule has 0 aliphatic heterocycles. The molecule has 3 nitrogen and oxygen atoms in total. The van der Waals surface area contributed by atoms with Gasteiger partial charge in [0, 0.05) is 16.7 Å². The van der Waals surface area contributed by atoms with E-state index in [0.717, 1.165) is 6.07 Å². The van der Waals surface area contributed by atoms with Crippen LogP contribution in [0, 0.1) is 16.4 Å². The van der Waals surface area contributed by atoms with Crippen molar-refractivity contribution in [3.05, 3.63) is 63.9 Å². The lowest BCUT2D eigenvalue weighted by Gasteiger charge is -2.08. The van der Waals surface area contributed by atoms with E-state index in [-0.39, 0.29) is 10.5 Å². The summed E-state index contributed by atoms with van der Waals surface area (Å²) in [6, 6.07) is 10.2. The van der Waals surface area contributed by atoms with E-state index in [1.165, 1.54) is 16.7 Å². The number of nitrogens with zero attached hydrogens (tertiary/aromatic N) is 2. The molecule has 21 heavy (non-hydrogen) atoms. The Morgan fingerprint density at radius 2 is 1.81 bits per heavy atom. The van der Waals surface area contributed by atoms with Crippen molar-refractivity contribution in [1.82, 2.24) is 14.8 Å². The van der Waals surface area contributed by atoms with E-state index >= 15 is 0 Å². The van der Waals surface area contributed by atoms with E-state index in [9.17, 15) is 8.78 Å². The summed E-state index contributed by atoms with van der Waals surface area (Å²) in [5, 5.41) is 7.29. The molecule has 7 heteroatoms. The Morgan fingerprint density at radius 3 is 2.48 bits per heavy atom. The van der Waals surface area contributed by atoms with Crippen molar-refractivity contribution in [3.63, 3.8) is 0 Å². The first-order valence-electron chi connectivity index (χ1n) is 5.95. The van der Waals surface area contributed by atoms with Gasteiger partial charge in [-0.25, -0.2) is 8.78 Å². The molecule has 0 aliphatic carbocycles. The van der Waals surface area contributed by atoms with Gasteiger partial charge in [-0.3, -0.25) is 9.67 Å². The standard InChI is InChI=1S/C14H8ClF2N3S/c15-9-3-1-8(2-4-9)13-18-19-14(21)20(13)12-6-5-10(16)7-11(12)17/h1-7H,(H,19,21). The first kappa shape index (κ1) is 13.9. The summed E-state index contributed by atoms with van der Waals surface area (Å²) in [4.78, 5) is 0. The van der Waals surface area contributed by atoms with Crippen LogP contribution >= 0.6 is 23.8 Å². The lowest BCUT2D eigenvalue weighted by atomic mass is 10.2. The highest BCUT2D eigenvalue weighted by atomic mass is 35.5. The Hall–Kier alpha value is -2.05. The molecule has 0 spiro atoms. The molecule has 2 aromatic carbocycles. The summed E-state index contributed by atoms with van der Waals surface area (Å²) in [5.74, 6) is -0.954. The number of nitrogens with one attached hydrogen (secondary N) is 1. The summed E-state index contributed by atoms with van der Waals surface area (Å²) >= 11 is 11.0. The van der Waals surface area contributed by atoms with Crippen molar-refractivity contribution in [2.45, 2.75) is 0 Å². The summed E-state index contributed by atoms with van der Waals surface area (Å²) in [6.07, 6.45) is 0. The minimum absolute atomic E-state index is 0.125. The SMILES string of the molecule is Fc1ccc(-n2c(-c3ccc(Cl)cc3)n[nH]c2=S)c(F)c1.